The summed E-state index contributed by atoms with van der Waals surface area (Å²) in [5.41, 5.74) is 0.421. The van der Waals surface area contributed by atoms with E-state index >= 15 is 0 Å². The van der Waals surface area contributed by atoms with Crippen molar-refractivity contribution in [2.24, 2.45) is 5.92 Å². The monoisotopic (exact) mass is 413 g/mol. The van der Waals surface area contributed by atoms with Gasteiger partial charge in [-0.1, -0.05) is 31.7 Å². The number of nitrogens with zero attached hydrogens (tertiary/aromatic N) is 3. The number of piperidine rings is 1. The van der Waals surface area contributed by atoms with Gasteiger partial charge in [0.15, 0.2) is 0 Å². The van der Waals surface area contributed by atoms with E-state index in [0.717, 1.165) is 31.8 Å². The van der Waals surface area contributed by atoms with E-state index in [0.29, 0.717) is 11.5 Å². The molecule has 0 unspecified atom stereocenters. The predicted molar refractivity (Wildman–Crippen MR) is 117 cm³/mol. The molecular weight excluding hydrogens is 381 g/mol. The molecule has 1 saturated heterocycles. The lowest BCUT2D eigenvalue weighted by Crippen LogP contribution is -2.36. The normalized spacial score (nSPS) is 18.6. The van der Waals surface area contributed by atoms with Crippen molar-refractivity contribution >= 4 is 17.5 Å². The Kier molecular flexibility index (Phi) is 7.00. The lowest BCUT2D eigenvalue weighted by atomic mass is 10.0. The van der Waals surface area contributed by atoms with E-state index in [1.807, 2.05) is 4.68 Å². The number of likely N-dealkylation sites (tertiary alicyclic amines) is 1. The van der Waals surface area contributed by atoms with Crippen LogP contribution in [0.4, 0.5) is 20.7 Å². The molecule has 2 N–H and O–H groups in total. The Hall–Kier alpha value is -2.41. The van der Waals surface area contributed by atoms with Crippen molar-refractivity contribution in [1.29, 1.82) is 0 Å². The maximum absolute atomic E-state index is 13.3. The van der Waals surface area contributed by atoms with Gasteiger partial charge in [0.1, 0.15) is 11.6 Å². The number of aromatic nitrogens is 2. The summed E-state index contributed by atoms with van der Waals surface area (Å²) in [6.45, 7) is 3.34. The van der Waals surface area contributed by atoms with Crippen molar-refractivity contribution in [1.82, 2.24) is 14.7 Å². The second kappa shape index (κ2) is 10.1. The standard InChI is InChI=1S/C23H32FN5O/c24-19-8-3-9-20(17-19)26-23(30)27-22-10-13-25-29(22)21-11-15-28(16-12-21)14-4-7-18-5-1-2-6-18/h3,8-10,13,17-18,21H,1-2,4-7,11-12,14-16H2,(H2,26,27,30). The maximum Gasteiger partial charge on any atom is 0.324 e. The number of hydrogen-bond donors (Lipinski definition) is 2. The van der Waals surface area contributed by atoms with Crippen LogP contribution in [0, 0.1) is 11.7 Å². The number of urea groups is 1. The fourth-order valence-electron chi connectivity index (χ4n) is 4.84. The van der Waals surface area contributed by atoms with Gasteiger partial charge in [0.05, 0.1) is 12.2 Å². The largest absolute Gasteiger partial charge is 0.324 e. The van der Waals surface area contributed by atoms with E-state index in [-0.39, 0.29) is 11.9 Å². The first kappa shape index (κ1) is 20.8. The summed E-state index contributed by atoms with van der Waals surface area (Å²) in [5, 5.41) is 9.96. The maximum atomic E-state index is 13.3. The molecule has 2 aliphatic rings. The highest BCUT2D eigenvalue weighted by Crippen LogP contribution is 2.29. The van der Waals surface area contributed by atoms with Gasteiger partial charge in [-0.3, -0.25) is 5.32 Å². The fourth-order valence-corrected chi connectivity index (χ4v) is 4.84. The third kappa shape index (κ3) is 5.59. The van der Waals surface area contributed by atoms with Crippen LogP contribution in [0.5, 0.6) is 0 Å². The Morgan fingerprint density at radius 1 is 1.10 bits per heavy atom. The van der Waals surface area contributed by atoms with Gasteiger partial charge in [-0.15, -0.1) is 0 Å². The molecular formula is C23H32FN5O. The summed E-state index contributed by atoms with van der Waals surface area (Å²) in [6.07, 6.45) is 12.2. The first-order chi connectivity index (χ1) is 14.7. The molecule has 1 saturated carbocycles. The second-order valence-electron chi connectivity index (χ2n) is 8.62. The van der Waals surface area contributed by atoms with Gasteiger partial charge in [0, 0.05) is 24.8 Å². The summed E-state index contributed by atoms with van der Waals surface area (Å²) in [6, 6.07) is 7.55. The summed E-state index contributed by atoms with van der Waals surface area (Å²) in [4.78, 5) is 14.9. The SMILES string of the molecule is O=C(Nc1cccc(F)c1)Nc1ccnn1C1CCN(CCCC2CCCC2)CC1. The number of carbonyl (C=O) groups is 1. The number of amides is 2. The van der Waals surface area contributed by atoms with Crippen molar-refractivity contribution in [3.05, 3.63) is 42.3 Å². The van der Waals surface area contributed by atoms with Gasteiger partial charge >= 0.3 is 6.03 Å². The van der Waals surface area contributed by atoms with E-state index in [1.54, 1.807) is 24.4 Å². The smallest absolute Gasteiger partial charge is 0.308 e. The minimum atomic E-state index is -0.397. The first-order valence-corrected chi connectivity index (χ1v) is 11.3. The molecule has 4 rings (SSSR count). The van der Waals surface area contributed by atoms with Crippen molar-refractivity contribution in [2.75, 3.05) is 30.3 Å². The van der Waals surface area contributed by atoms with Crippen LogP contribution in [0.15, 0.2) is 36.5 Å². The lowest BCUT2D eigenvalue weighted by Gasteiger charge is -2.32. The molecule has 1 aliphatic carbocycles. The van der Waals surface area contributed by atoms with Crippen LogP contribution in [0.3, 0.4) is 0 Å². The molecule has 1 aliphatic heterocycles. The van der Waals surface area contributed by atoms with Crippen LogP contribution in [-0.2, 0) is 0 Å². The minimum Gasteiger partial charge on any atom is -0.308 e. The molecule has 7 heteroatoms. The lowest BCUT2D eigenvalue weighted by molar-refractivity contribution is 0.176. The van der Waals surface area contributed by atoms with E-state index in [2.05, 4.69) is 20.6 Å². The number of carbonyl (C=O) groups excluding carboxylic acids is 1. The molecule has 30 heavy (non-hydrogen) atoms. The Bertz CT molecular complexity index is 825. The number of anilines is 2. The van der Waals surface area contributed by atoms with Crippen LogP contribution in [0.25, 0.3) is 0 Å². The summed E-state index contributed by atoms with van der Waals surface area (Å²) >= 11 is 0. The Labute approximate surface area is 177 Å². The zero-order valence-electron chi connectivity index (χ0n) is 17.5. The molecule has 2 heterocycles. The molecule has 0 atom stereocenters. The zero-order valence-corrected chi connectivity index (χ0v) is 17.5. The molecule has 0 bridgehead atoms. The third-order valence-corrected chi connectivity index (χ3v) is 6.46. The van der Waals surface area contributed by atoms with Crippen LogP contribution in [0.2, 0.25) is 0 Å². The number of hydrogen-bond acceptors (Lipinski definition) is 3. The minimum absolute atomic E-state index is 0.288. The highest BCUT2D eigenvalue weighted by atomic mass is 19.1. The van der Waals surface area contributed by atoms with E-state index in [9.17, 15) is 9.18 Å². The Morgan fingerprint density at radius 2 is 1.90 bits per heavy atom. The molecule has 2 amide bonds. The average Bonchev–Trinajstić information content (AvgIpc) is 3.41. The topological polar surface area (TPSA) is 62.2 Å². The molecule has 1 aromatic heterocycles. The summed E-state index contributed by atoms with van der Waals surface area (Å²) in [7, 11) is 0. The molecule has 0 spiro atoms. The van der Waals surface area contributed by atoms with Crippen LogP contribution >= 0.6 is 0 Å². The van der Waals surface area contributed by atoms with Gasteiger partial charge in [0.2, 0.25) is 0 Å². The molecule has 2 aromatic rings. The molecule has 162 valence electrons. The van der Waals surface area contributed by atoms with E-state index < -0.39 is 6.03 Å². The molecule has 2 fully saturated rings. The summed E-state index contributed by atoms with van der Waals surface area (Å²) < 4.78 is 15.2. The van der Waals surface area contributed by atoms with Gasteiger partial charge in [0.25, 0.3) is 0 Å². The van der Waals surface area contributed by atoms with Crippen molar-refractivity contribution < 1.29 is 9.18 Å². The molecule has 1 aromatic carbocycles. The van der Waals surface area contributed by atoms with Crippen LogP contribution in [0.1, 0.15) is 57.4 Å². The molecule has 0 radical (unpaired) electrons. The first-order valence-electron chi connectivity index (χ1n) is 11.3. The van der Waals surface area contributed by atoms with E-state index in [4.69, 9.17) is 0 Å². The van der Waals surface area contributed by atoms with Crippen molar-refractivity contribution in [2.45, 2.75) is 57.4 Å². The second-order valence-corrected chi connectivity index (χ2v) is 8.62. The average molecular weight is 414 g/mol. The Morgan fingerprint density at radius 3 is 2.67 bits per heavy atom. The van der Waals surface area contributed by atoms with Crippen molar-refractivity contribution in [3.8, 4) is 0 Å². The number of rotatable bonds is 7. The number of nitrogens with one attached hydrogen (secondary N) is 2. The fraction of sp³-hybridized carbons (Fsp3) is 0.565. The quantitative estimate of drug-likeness (QED) is 0.650. The van der Waals surface area contributed by atoms with Crippen LogP contribution < -0.4 is 10.6 Å². The van der Waals surface area contributed by atoms with Crippen LogP contribution in [-0.4, -0.2) is 40.3 Å². The van der Waals surface area contributed by atoms with Gasteiger partial charge < -0.3 is 10.2 Å². The third-order valence-electron chi connectivity index (χ3n) is 6.46. The predicted octanol–water partition coefficient (Wildman–Crippen LogP) is 5.27. The highest BCUT2D eigenvalue weighted by Gasteiger charge is 2.23. The van der Waals surface area contributed by atoms with E-state index in [1.165, 1.54) is 57.2 Å². The van der Waals surface area contributed by atoms with Crippen molar-refractivity contribution in [3.63, 3.8) is 0 Å². The Balaban J connectivity index is 1.23. The van der Waals surface area contributed by atoms with Gasteiger partial charge in [-0.25, -0.2) is 13.9 Å². The zero-order chi connectivity index (χ0) is 20.8. The van der Waals surface area contributed by atoms with Gasteiger partial charge in [-0.05, 0) is 56.3 Å². The van der Waals surface area contributed by atoms with Gasteiger partial charge in [-0.2, -0.15) is 5.10 Å². The number of benzene rings is 1. The summed E-state index contributed by atoms with van der Waals surface area (Å²) in [5.74, 6) is 1.26. The number of halogens is 1. The molecule has 6 nitrogen and oxygen atoms in total. The highest BCUT2D eigenvalue weighted by molar-refractivity contribution is 5.99.